The summed E-state index contributed by atoms with van der Waals surface area (Å²) < 4.78 is 5.45. The zero-order valence-electron chi connectivity index (χ0n) is 7.66. The molecule has 12 heavy (non-hydrogen) atoms. The van der Waals surface area contributed by atoms with Gasteiger partial charge in [-0.1, -0.05) is 13.8 Å². The maximum Gasteiger partial charge on any atom is 0.137 e. The van der Waals surface area contributed by atoms with E-state index < -0.39 is 0 Å². The summed E-state index contributed by atoms with van der Waals surface area (Å²) in [5.74, 6) is 1.56. The van der Waals surface area contributed by atoms with E-state index in [9.17, 15) is 0 Å². The van der Waals surface area contributed by atoms with Crippen molar-refractivity contribution in [2.75, 3.05) is 6.61 Å². The topological polar surface area (TPSA) is 22.1 Å². The molecular weight excluding hydrogens is 150 g/mol. The highest BCUT2D eigenvalue weighted by atomic mass is 16.5. The van der Waals surface area contributed by atoms with Gasteiger partial charge in [-0.15, -0.1) is 0 Å². The SMILES string of the molecule is CC(C)CCOc1cccnc1. The van der Waals surface area contributed by atoms with Crippen molar-refractivity contribution >= 4 is 0 Å². The molecule has 0 unspecified atom stereocenters. The van der Waals surface area contributed by atoms with Crippen LogP contribution in [0.3, 0.4) is 0 Å². The minimum absolute atomic E-state index is 0.696. The first kappa shape index (κ1) is 9.04. The molecular formula is C10H15NO. The Hall–Kier alpha value is -1.05. The van der Waals surface area contributed by atoms with E-state index in [-0.39, 0.29) is 0 Å². The fourth-order valence-corrected chi connectivity index (χ4v) is 0.845. The molecule has 0 saturated heterocycles. The molecule has 0 spiro atoms. The van der Waals surface area contributed by atoms with E-state index in [4.69, 9.17) is 4.74 Å². The summed E-state index contributed by atoms with van der Waals surface area (Å²) in [5.41, 5.74) is 0. The van der Waals surface area contributed by atoms with Crippen LogP contribution in [0.2, 0.25) is 0 Å². The Morgan fingerprint density at radius 1 is 1.50 bits per heavy atom. The van der Waals surface area contributed by atoms with Gasteiger partial charge in [-0.05, 0) is 24.5 Å². The Kier molecular flexibility index (Phi) is 3.58. The van der Waals surface area contributed by atoms with Crippen molar-refractivity contribution in [3.05, 3.63) is 24.5 Å². The third-order valence-electron chi connectivity index (χ3n) is 1.60. The maximum absolute atomic E-state index is 5.45. The first-order valence-electron chi connectivity index (χ1n) is 4.32. The molecule has 0 amide bonds. The van der Waals surface area contributed by atoms with Gasteiger partial charge in [-0.2, -0.15) is 0 Å². The minimum atomic E-state index is 0.696. The molecule has 0 atom stereocenters. The summed E-state index contributed by atoms with van der Waals surface area (Å²) in [5, 5.41) is 0. The second kappa shape index (κ2) is 4.75. The van der Waals surface area contributed by atoms with E-state index in [2.05, 4.69) is 18.8 Å². The van der Waals surface area contributed by atoms with Crippen molar-refractivity contribution in [3.63, 3.8) is 0 Å². The Labute approximate surface area is 73.6 Å². The lowest BCUT2D eigenvalue weighted by atomic mass is 10.1. The lowest BCUT2D eigenvalue weighted by molar-refractivity contribution is 0.288. The van der Waals surface area contributed by atoms with E-state index in [0.717, 1.165) is 18.8 Å². The molecule has 0 saturated carbocycles. The number of aromatic nitrogens is 1. The van der Waals surface area contributed by atoms with Crippen molar-refractivity contribution in [2.24, 2.45) is 5.92 Å². The van der Waals surface area contributed by atoms with Crippen LogP contribution in [0.1, 0.15) is 20.3 Å². The van der Waals surface area contributed by atoms with Gasteiger partial charge in [0.1, 0.15) is 5.75 Å². The van der Waals surface area contributed by atoms with Gasteiger partial charge in [0.15, 0.2) is 0 Å². The molecule has 1 aromatic heterocycles. The van der Waals surface area contributed by atoms with Gasteiger partial charge >= 0.3 is 0 Å². The molecule has 0 aliphatic rings. The predicted octanol–water partition coefficient (Wildman–Crippen LogP) is 2.51. The van der Waals surface area contributed by atoms with Crippen LogP contribution in [0, 0.1) is 5.92 Å². The van der Waals surface area contributed by atoms with Gasteiger partial charge < -0.3 is 4.74 Å². The second-order valence-electron chi connectivity index (χ2n) is 3.22. The maximum atomic E-state index is 5.45. The summed E-state index contributed by atoms with van der Waals surface area (Å²) in [4.78, 5) is 3.96. The average molecular weight is 165 g/mol. The van der Waals surface area contributed by atoms with Crippen molar-refractivity contribution in [2.45, 2.75) is 20.3 Å². The van der Waals surface area contributed by atoms with Crippen LogP contribution < -0.4 is 4.74 Å². The Morgan fingerprint density at radius 3 is 2.92 bits per heavy atom. The van der Waals surface area contributed by atoms with E-state index in [0.29, 0.717) is 5.92 Å². The van der Waals surface area contributed by atoms with Gasteiger partial charge in [0.05, 0.1) is 12.8 Å². The normalized spacial score (nSPS) is 10.2. The van der Waals surface area contributed by atoms with Crippen LogP contribution in [-0.2, 0) is 0 Å². The molecule has 0 aromatic carbocycles. The highest BCUT2D eigenvalue weighted by Crippen LogP contribution is 2.08. The highest BCUT2D eigenvalue weighted by molar-refractivity contribution is 5.15. The van der Waals surface area contributed by atoms with Gasteiger partial charge in [-0.25, -0.2) is 0 Å². The predicted molar refractivity (Wildman–Crippen MR) is 49.2 cm³/mol. The molecule has 1 heterocycles. The van der Waals surface area contributed by atoms with E-state index in [1.54, 1.807) is 12.4 Å². The molecule has 1 aromatic rings. The minimum Gasteiger partial charge on any atom is -0.492 e. The number of pyridine rings is 1. The zero-order chi connectivity index (χ0) is 8.81. The van der Waals surface area contributed by atoms with Crippen LogP contribution >= 0.6 is 0 Å². The Balaban J connectivity index is 2.25. The molecule has 2 heteroatoms. The molecule has 0 fully saturated rings. The number of hydrogen-bond donors (Lipinski definition) is 0. The summed E-state index contributed by atoms with van der Waals surface area (Å²) in [6.07, 6.45) is 4.57. The van der Waals surface area contributed by atoms with Crippen LogP contribution in [0.4, 0.5) is 0 Å². The largest absolute Gasteiger partial charge is 0.492 e. The molecule has 0 radical (unpaired) electrons. The lowest BCUT2D eigenvalue weighted by Crippen LogP contribution is -2.01. The third kappa shape index (κ3) is 3.37. The van der Waals surface area contributed by atoms with Gasteiger partial charge in [-0.3, -0.25) is 4.98 Å². The third-order valence-corrected chi connectivity index (χ3v) is 1.60. The fraction of sp³-hybridized carbons (Fsp3) is 0.500. The van der Waals surface area contributed by atoms with Crippen molar-refractivity contribution < 1.29 is 4.74 Å². The van der Waals surface area contributed by atoms with Gasteiger partial charge in [0.25, 0.3) is 0 Å². The standard InChI is InChI=1S/C10H15NO/c1-9(2)5-7-12-10-4-3-6-11-8-10/h3-4,6,8-9H,5,7H2,1-2H3. The monoisotopic (exact) mass is 165 g/mol. The molecule has 0 aliphatic carbocycles. The lowest BCUT2D eigenvalue weighted by Gasteiger charge is -2.06. The Bertz CT molecular complexity index is 208. The average Bonchev–Trinajstić information content (AvgIpc) is 2.05. The molecule has 66 valence electrons. The molecule has 2 nitrogen and oxygen atoms in total. The zero-order valence-corrected chi connectivity index (χ0v) is 7.66. The number of ether oxygens (including phenoxy) is 1. The molecule has 0 aliphatic heterocycles. The number of hydrogen-bond acceptors (Lipinski definition) is 2. The van der Waals surface area contributed by atoms with Crippen molar-refractivity contribution in [3.8, 4) is 5.75 Å². The van der Waals surface area contributed by atoms with Crippen LogP contribution in [0.15, 0.2) is 24.5 Å². The van der Waals surface area contributed by atoms with E-state index >= 15 is 0 Å². The van der Waals surface area contributed by atoms with Gasteiger partial charge in [0.2, 0.25) is 0 Å². The fourth-order valence-electron chi connectivity index (χ4n) is 0.845. The number of nitrogens with zero attached hydrogens (tertiary/aromatic N) is 1. The summed E-state index contributed by atoms with van der Waals surface area (Å²) in [6.45, 7) is 5.16. The van der Waals surface area contributed by atoms with Crippen molar-refractivity contribution in [1.29, 1.82) is 0 Å². The Morgan fingerprint density at radius 2 is 2.33 bits per heavy atom. The van der Waals surface area contributed by atoms with E-state index in [1.807, 2.05) is 12.1 Å². The quantitative estimate of drug-likeness (QED) is 0.684. The number of rotatable bonds is 4. The molecule has 0 N–H and O–H groups in total. The van der Waals surface area contributed by atoms with E-state index in [1.165, 1.54) is 0 Å². The summed E-state index contributed by atoms with van der Waals surface area (Å²) >= 11 is 0. The molecule has 1 rings (SSSR count). The smallest absolute Gasteiger partial charge is 0.137 e. The molecule has 0 bridgehead atoms. The summed E-state index contributed by atoms with van der Waals surface area (Å²) in [7, 11) is 0. The first-order chi connectivity index (χ1) is 5.79. The first-order valence-corrected chi connectivity index (χ1v) is 4.32. The van der Waals surface area contributed by atoms with Gasteiger partial charge in [0, 0.05) is 6.20 Å². The van der Waals surface area contributed by atoms with Crippen LogP contribution in [0.5, 0.6) is 5.75 Å². The van der Waals surface area contributed by atoms with Crippen LogP contribution in [-0.4, -0.2) is 11.6 Å². The van der Waals surface area contributed by atoms with Crippen LogP contribution in [0.25, 0.3) is 0 Å². The highest BCUT2D eigenvalue weighted by Gasteiger charge is 1.95. The summed E-state index contributed by atoms with van der Waals surface area (Å²) in [6, 6.07) is 3.80. The second-order valence-corrected chi connectivity index (χ2v) is 3.22. The van der Waals surface area contributed by atoms with Crippen molar-refractivity contribution in [1.82, 2.24) is 4.98 Å².